The van der Waals surface area contributed by atoms with Crippen molar-refractivity contribution in [2.75, 3.05) is 19.5 Å². The highest BCUT2D eigenvalue weighted by atomic mass is 16.6. The lowest BCUT2D eigenvalue weighted by Gasteiger charge is -2.12. The number of rotatable bonds is 6. The predicted molar refractivity (Wildman–Crippen MR) is 118 cm³/mol. The summed E-state index contributed by atoms with van der Waals surface area (Å²) < 4.78 is 12.2. The number of anilines is 1. The van der Waals surface area contributed by atoms with Crippen LogP contribution in [0, 0.1) is 0 Å². The summed E-state index contributed by atoms with van der Waals surface area (Å²) in [6.07, 6.45) is -0.468. The molecule has 0 amide bonds. The molecule has 158 valence electrons. The van der Waals surface area contributed by atoms with E-state index in [0.717, 1.165) is 0 Å². The van der Waals surface area contributed by atoms with Gasteiger partial charge in [-0.2, -0.15) is 0 Å². The number of hydrogen-bond donors (Lipinski definition) is 1. The van der Waals surface area contributed by atoms with E-state index in [1.54, 1.807) is 35.8 Å². The van der Waals surface area contributed by atoms with E-state index < -0.39 is 12.1 Å². The van der Waals surface area contributed by atoms with Crippen LogP contribution in [0.1, 0.15) is 34.6 Å². The van der Waals surface area contributed by atoms with Gasteiger partial charge in [-0.05, 0) is 38.1 Å². The maximum Gasteiger partial charge on any atom is 0.344 e. The van der Waals surface area contributed by atoms with E-state index in [-0.39, 0.29) is 23.8 Å². The SMILES string of the molecule is COC[C@@H](C)OC(=O)c1c(N)n(-c2cccc(C(C)=O)c2)c2nc3ccccc3nc12. The van der Waals surface area contributed by atoms with Gasteiger partial charge in [-0.25, -0.2) is 14.8 Å². The number of ether oxygens (including phenoxy) is 2. The second kappa shape index (κ2) is 8.16. The fourth-order valence-electron chi connectivity index (χ4n) is 3.50. The standard InChI is InChI=1S/C23H22N4O4/c1-13(12-30-3)31-23(29)19-20-22(26-18-10-5-4-9-17(18)25-20)27(21(19)24)16-8-6-7-15(11-16)14(2)28/h4-11,13H,12,24H2,1-3H3/t13-/m1/s1. The Kier molecular flexibility index (Phi) is 5.39. The quantitative estimate of drug-likeness (QED) is 0.377. The maximum absolute atomic E-state index is 13.0. The molecule has 0 aliphatic carbocycles. The van der Waals surface area contributed by atoms with Gasteiger partial charge in [0.2, 0.25) is 0 Å². The van der Waals surface area contributed by atoms with Crippen molar-refractivity contribution < 1.29 is 19.1 Å². The first kappa shape index (κ1) is 20.5. The Balaban J connectivity index is 1.98. The molecular weight excluding hydrogens is 396 g/mol. The third-order valence-electron chi connectivity index (χ3n) is 4.92. The summed E-state index contributed by atoms with van der Waals surface area (Å²) >= 11 is 0. The number of fused-ring (bicyclic) bond motifs is 2. The summed E-state index contributed by atoms with van der Waals surface area (Å²) in [4.78, 5) is 34.3. The molecule has 8 heteroatoms. The summed E-state index contributed by atoms with van der Waals surface area (Å²) in [5.74, 6) is -0.555. The van der Waals surface area contributed by atoms with Gasteiger partial charge in [0.1, 0.15) is 23.0 Å². The summed E-state index contributed by atoms with van der Waals surface area (Å²) in [5, 5.41) is 0. The average molecular weight is 418 g/mol. The summed E-state index contributed by atoms with van der Waals surface area (Å²) in [5.41, 5.74) is 9.73. The highest BCUT2D eigenvalue weighted by molar-refractivity contribution is 6.09. The summed E-state index contributed by atoms with van der Waals surface area (Å²) in [6.45, 7) is 3.47. The first-order chi connectivity index (χ1) is 14.9. The van der Waals surface area contributed by atoms with Gasteiger partial charge in [-0.3, -0.25) is 9.36 Å². The van der Waals surface area contributed by atoms with E-state index in [9.17, 15) is 9.59 Å². The van der Waals surface area contributed by atoms with E-state index in [2.05, 4.69) is 4.98 Å². The molecule has 0 saturated carbocycles. The lowest BCUT2D eigenvalue weighted by Crippen LogP contribution is -2.20. The molecule has 2 aromatic carbocycles. The third-order valence-corrected chi connectivity index (χ3v) is 4.92. The minimum absolute atomic E-state index is 0.0820. The van der Waals surface area contributed by atoms with Gasteiger partial charge in [0.25, 0.3) is 0 Å². The number of aromatic nitrogens is 3. The second-order valence-corrected chi connectivity index (χ2v) is 7.26. The highest BCUT2D eigenvalue weighted by Crippen LogP contribution is 2.32. The van der Waals surface area contributed by atoms with Crippen LogP contribution < -0.4 is 5.73 Å². The van der Waals surface area contributed by atoms with Crippen molar-refractivity contribution in [3.8, 4) is 5.69 Å². The van der Waals surface area contributed by atoms with E-state index in [1.165, 1.54) is 14.0 Å². The summed E-state index contributed by atoms with van der Waals surface area (Å²) in [7, 11) is 1.53. The van der Waals surface area contributed by atoms with Gasteiger partial charge in [-0.1, -0.05) is 24.3 Å². The van der Waals surface area contributed by atoms with Crippen LogP contribution in [0.15, 0.2) is 48.5 Å². The van der Waals surface area contributed by atoms with Crippen molar-refractivity contribution in [2.45, 2.75) is 20.0 Å². The number of Topliss-reactive ketones (excluding diaryl/α,β-unsaturated/α-hetero) is 1. The molecule has 0 radical (unpaired) electrons. The monoisotopic (exact) mass is 418 g/mol. The number of para-hydroxylation sites is 2. The van der Waals surface area contributed by atoms with E-state index in [4.69, 9.17) is 20.2 Å². The van der Waals surface area contributed by atoms with Crippen LogP contribution in [-0.2, 0) is 9.47 Å². The van der Waals surface area contributed by atoms with Crippen LogP contribution in [0.25, 0.3) is 27.9 Å². The van der Waals surface area contributed by atoms with Crippen LogP contribution in [-0.4, -0.2) is 46.1 Å². The van der Waals surface area contributed by atoms with Crippen molar-refractivity contribution in [2.24, 2.45) is 0 Å². The Hall–Kier alpha value is -3.78. The van der Waals surface area contributed by atoms with Crippen LogP contribution in [0.5, 0.6) is 0 Å². The Morgan fingerprint density at radius 1 is 1.10 bits per heavy atom. The van der Waals surface area contributed by atoms with Crippen molar-refractivity contribution in [1.29, 1.82) is 0 Å². The number of hydrogen-bond acceptors (Lipinski definition) is 7. The molecule has 0 bridgehead atoms. The maximum atomic E-state index is 13.0. The van der Waals surface area contributed by atoms with E-state index >= 15 is 0 Å². The molecule has 0 fully saturated rings. The number of nitrogens with two attached hydrogens (primary N) is 1. The molecule has 4 rings (SSSR count). The van der Waals surface area contributed by atoms with E-state index in [1.807, 2.05) is 24.3 Å². The molecule has 31 heavy (non-hydrogen) atoms. The van der Waals surface area contributed by atoms with E-state index in [0.29, 0.717) is 33.4 Å². The molecule has 4 aromatic rings. The van der Waals surface area contributed by atoms with Gasteiger partial charge >= 0.3 is 5.97 Å². The number of carbonyl (C=O) groups is 2. The fourth-order valence-corrected chi connectivity index (χ4v) is 3.50. The Morgan fingerprint density at radius 2 is 1.81 bits per heavy atom. The van der Waals surface area contributed by atoms with Crippen LogP contribution >= 0.6 is 0 Å². The number of nitrogens with zero attached hydrogens (tertiary/aromatic N) is 3. The average Bonchev–Trinajstić information content (AvgIpc) is 3.03. The molecule has 0 unspecified atom stereocenters. The van der Waals surface area contributed by atoms with Crippen molar-refractivity contribution in [3.05, 3.63) is 59.7 Å². The first-order valence-corrected chi connectivity index (χ1v) is 9.78. The van der Waals surface area contributed by atoms with Gasteiger partial charge in [0.05, 0.1) is 17.6 Å². The molecule has 0 aliphatic heterocycles. The highest BCUT2D eigenvalue weighted by Gasteiger charge is 2.27. The van der Waals surface area contributed by atoms with Crippen molar-refractivity contribution >= 4 is 39.8 Å². The molecular formula is C23H22N4O4. The lowest BCUT2D eigenvalue weighted by molar-refractivity contribution is 0.0123. The van der Waals surface area contributed by atoms with Crippen LogP contribution in [0.4, 0.5) is 5.82 Å². The first-order valence-electron chi connectivity index (χ1n) is 9.78. The zero-order chi connectivity index (χ0) is 22.1. The second-order valence-electron chi connectivity index (χ2n) is 7.26. The number of benzene rings is 2. The Labute approximate surface area is 178 Å². The largest absolute Gasteiger partial charge is 0.456 e. The van der Waals surface area contributed by atoms with Gasteiger partial charge < -0.3 is 15.2 Å². The third kappa shape index (κ3) is 3.73. The number of nitrogen functional groups attached to an aromatic ring is 1. The lowest BCUT2D eigenvalue weighted by atomic mass is 10.1. The topological polar surface area (TPSA) is 109 Å². The fraction of sp³-hybridized carbons (Fsp3) is 0.217. The van der Waals surface area contributed by atoms with Gasteiger partial charge in [0.15, 0.2) is 11.4 Å². The number of esters is 1. The normalized spacial score (nSPS) is 12.2. The number of carbonyl (C=O) groups excluding carboxylic acids is 2. The number of methoxy groups -OCH3 is 1. The molecule has 8 nitrogen and oxygen atoms in total. The van der Waals surface area contributed by atoms with Crippen LogP contribution in [0.2, 0.25) is 0 Å². The smallest absolute Gasteiger partial charge is 0.344 e. The van der Waals surface area contributed by atoms with Crippen molar-refractivity contribution in [1.82, 2.24) is 14.5 Å². The number of ketones is 1. The molecule has 1 atom stereocenters. The minimum Gasteiger partial charge on any atom is -0.456 e. The summed E-state index contributed by atoms with van der Waals surface area (Å²) in [6, 6.07) is 14.3. The molecule has 0 aliphatic rings. The van der Waals surface area contributed by atoms with Gasteiger partial charge in [0, 0.05) is 18.4 Å². The van der Waals surface area contributed by atoms with Crippen molar-refractivity contribution in [3.63, 3.8) is 0 Å². The minimum atomic E-state index is -0.613. The zero-order valence-corrected chi connectivity index (χ0v) is 17.5. The van der Waals surface area contributed by atoms with Crippen LogP contribution in [0.3, 0.4) is 0 Å². The molecule has 2 heterocycles. The molecule has 2 aromatic heterocycles. The molecule has 2 N–H and O–H groups in total. The molecule has 0 saturated heterocycles. The predicted octanol–water partition coefficient (Wildman–Crippen LogP) is 3.55. The zero-order valence-electron chi connectivity index (χ0n) is 17.5. The Bertz CT molecular complexity index is 1310. The Morgan fingerprint density at radius 3 is 2.48 bits per heavy atom. The van der Waals surface area contributed by atoms with Gasteiger partial charge in [-0.15, -0.1) is 0 Å². The molecule has 0 spiro atoms.